The second-order valence-electron chi connectivity index (χ2n) is 4.54. The van der Waals surface area contributed by atoms with E-state index in [0.717, 1.165) is 6.42 Å². The Kier molecular flexibility index (Phi) is 4.88. The average molecular weight is 376 g/mol. The molecule has 0 spiro atoms. The molecule has 0 radical (unpaired) electrons. The van der Waals surface area contributed by atoms with Crippen molar-refractivity contribution in [1.29, 1.82) is 0 Å². The first-order valence-electron chi connectivity index (χ1n) is 5.78. The van der Waals surface area contributed by atoms with Crippen molar-refractivity contribution in [2.45, 2.75) is 12.5 Å². The van der Waals surface area contributed by atoms with E-state index in [9.17, 15) is 0 Å². The third-order valence-electron chi connectivity index (χ3n) is 3.14. The second-order valence-corrected chi connectivity index (χ2v) is 6.20. The number of likely N-dealkylation sites (N-methyl/N-ethyl adjacent to an activating group) is 1. The number of nitrogens with zero attached hydrogens (tertiary/aromatic N) is 3. The molecule has 2 rings (SSSR count). The van der Waals surface area contributed by atoms with Crippen LogP contribution in [0.1, 0.15) is 5.56 Å². The lowest BCUT2D eigenvalue weighted by molar-refractivity contribution is 0.298. The Morgan fingerprint density at radius 2 is 2.28 bits per heavy atom. The Balaban J connectivity index is 2.28. The number of aromatic nitrogens is 2. The zero-order chi connectivity index (χ0) is 13.1. The quantitative estimate of drug-likeness (QED) is 0.814. The van der Waals surface area contributed by atoms with Crippen molar-refractivity contribution in [2.75, 3.05) is 20.6 Å². The van der Waals surface area contributed by atoms with Gasteiger partial charge < -0.3 is 10.6 Å². The van der Waals surface area contributed by atoms with Crippen molar-refractivity contribution in [3.8, 4) is 0 Å². The van der Waals surface area contributed by atoms with Gasteiger partial charge in [0.05, 0.1) is 11.7 Å². The van der Waals surface area contributed by atoms with Crippen LogP contribution in [0.25, 0.3) is 10.9 Å². The lowest BCUT2D eigenvalue weighted by atomic mass is 10.0. The first kappa shape index (κ1) is 14.1. The summed E-state index contributed by atoms with van der Waals surface area (Å²) in [6.45, 7) is 0.672. The van der Waals surface area contributed by atoms with E-state index in [0.29, 0.717) is 12.6 Å². The molecule has 0 unspecified atom stereocenters. The van der Waals surface area contributed by atoms with Crippen LogP contribution in [-0.2, 0) is 6.42 Å². The molecule has 0 aliphatic heterocycles. The predicted octanol–water partition coefficient (Wildman–Crippen LogP) is 2.31. The SMILES string of the molecule is CN(C)[C@H](CN)Cc1ccc2cnn(SI)c2c1. The van der Waals surface area contributed by atoms with Gasteiger partial charge in [0.25, 0.3) is 0 Å². The number of nitrogens with two attached hydrogens (primary N) is 1. The number of rotatable bonds is 5. The van der Waals surface area contributed by atoms with Crippen LogP contribution < -0.4 is 5.73 Å². The Morgan fingerprint density at radius 3 is 2.89 bits per heavy atom. The van der Waals surface area contributed by atoms with Crippen LogP contribution >= 0.6 is 30.3 Å². The van der Waals surface area contributed by atoms with E-state index in [1.807, 2.05) is 10.3 Å². The van der Waals surface area contributed by atoms with E-state index in [2.05, 4.69) is 63.5 Å². The van der Waals surface area contributed by atoms with Crippen molar-refractivity contribution >= 4 is 41.2 Å². The molecule has 2 aromatic rings. The summed E-state index contributed by atoms with van der Waals surface area (Å²) in [5.41, 5.74) is 8.28. The average Bonchev–Trinajstić information content (AvgIpc) is 2.77. The second kappa shape index (κ2) is 6.23. The number of fused-ring (bicyclic) bond motifs is 1. The van der Waals surface area contributed by atoms with Crippen molar-refractivity contribution in [3.05, 3.63) is 30.0 Å². The Labute approximate surface area is 124 Å². The summed E-state index contributed by atoms with van der Waals surface area (Å²) in [6.07, 6.45) is 2.87. The topological polar surface area (TPSA) is 47.1 Å². The summed E-state index contributed by atoms with van der Waals surface area (Å²) in [5.74, 6) is 0. The molecule has 0 aliphatic carbocycles. The van der Waals surface area contributed by atoms with E-state index in [-0.39, 0.29) is 0 Å². The molecule has 1 aromatic carbocycles. The van der Waals surface area contributed by atoms with Crippen LogP contribution in [0.5, 0.6) is 0 Å². The Bertz CT molecular complexity index is 526. The lowest BCUT2D eigenvalue weighted by Gasteiger charge is -2.22. The molecule has 0 bridgehead atoms. The van der Waals surface area contributed by atoms with Crippen LogP contribution in [0.4, 0.5) is 0 Å². The largest absolute Gasteiger partial charge is 0.329 e. The fraction of sp³-hybridized carbons (Fsp3) is 0.417. The standard InChI is InChI=1S/C12H17IN4S/c1-16(2)11(7-14)5-9-3-4-10-8-15-17(18-13)12(10)6-9/h3-4,6,8,11H,5,7,14H2,1-2H3/t11-/m0/s1. The fourth-order valence-corrected chi connectivity index (χ4v) is 3.23. The molecule has 0 saturated heterocycles. The van der Waals surface area contributed by atoms with E-state index in [1.54, 1.807) is 9.12 Å². The predicted molar refractivity (Wildman–Crippen MR) is 87.0 cm³/mol. The number of hydrogen-bond donors (Lipinski definition) is 1. The summed E-state index contributed by atoms with van der Waals surface area (Å²) in [5, 5.41) is 5.50. The number of hydrogen-bond acceptors (Lipinski definition) is 4. The first-order chi connectivity index (χ1) is 8.65. The summed E-state index contributed by atoms with van der Waals surface area (Å²) in [7, 11) is 5.73. The van der Waals surface area contributed by atoms with Crippen LogP contribution in [0.3, 0.4) is 0 Å². The van der Waals surface area contributed by atoms with Gasteiger partial charge in [-0.3, -0.25) is 0 Å². The molecule has 1 aromatic heterocycles. The van der Waals surface area contributed by atoms with Gasteiger partial charge in [-0.25, -0.2) is 0 Å². The van der Waals surface area contributed by atoms with Gasteiger partial charge in [0, 0.05) is 48.3 Å². The van der Waals surface area contributed by atoms with Crippen molar-refractivity contribution in [2.24, 2.45) is 5.73 Å². The molecule has 0 fully saturated rings. The molecule has 1 heterocycles. The number of halogens is 1. The van der Waals surface area contributed by atoms with Gasteiger partial charge in [-0.15, -0.1) is 0 Å². The van der Waals surface area contributed by atoms with Crippen molar-refractivity contribution in [3.63, 3.8) is 0 Å². The Morgan fingerprint density at radius 1 is 1.50 bits per heavy atom. The van der Waals surface area contributed by atoms with E-state index >= 15 is 0 Å². The highest BCUT2D eigenvalue weighted by atomic mass is 127. The van der Waals surface area contributed by atoms with Crippen LogP contribution in [0.2, 0.25) is 0 Å². The maximum absolute atomic E-state index is 5.81. The summed E-state index contributed by atoms with van der Waals surface area (Å²) in [4.78, 5) is 2.18. The molecule has 0 amide bonds. The minimum atomic E-state index is 0.381. The normalized spacial score (nSPS) is 13.4. The highest BCUT2D eigenvalue weighted by molar-refractivity contribution is 14.2. The third kappa shape index (κ3) is 2.98. The molecule has 0 aliphatic rings. The summed E-state index contributed by atoms with van der Waals surface area (Å²) >= 11 is 2.24. The van der Waals surface area contributed by atoms with Crippen molar-refractivity contribution < 1.29 is 0 Å². The Hall–Kier alpha value is -0.310. The van der Waals surface area contributed by atoms with Gasteiger partial charge in [0.2, 0.25) is 0 Å². The molecule has 18 heavy (non-hydrogen) atoms. The summed E-state index contributed by atoms with van der Waals surface area (Å²) in [6, 6.07) is 6.88. The molecule has 98 valence electrons. The smallest absolute Gasteiger partial charge is 0.0823 e. The molecule has 0 saturated carbocycles. The first-order valence-corrected chi connectivity index (χ1v) is 9.09. The van der Waals surface area contributed by atoms with E-state index in [1.165, 1.54) is 16.5 Å². The van der Waals surface area contributed by atoms with Gasteiger partial charge >= 0.3 is 0 Å². The zero-order valence-corrected chi connectivity index (χ0v) is 13.5. The van der Waals surface area contributed by atoms with Crippen LogP contribution in [0, 0.1) is 0 Å². The maximum Gasteiger partial charge on any atom is 0.0823 e. The van der Waals surface area contributed by atoms with Crippen molar-refractivity contribution in [1.82, 2.24) is 14.1 Å². The van der Waals surface area contributed by atoms with Gasteiger partial charge in [-0.2, -0.15) is 9.19 Å². The van der Waals surface area contributed by atoms with Crippen LogP contribution in [0.15, 0.2) is 24.4 Å². The van der Waals surface area contributed by atoms with Gasteiger partial charge in [0.1, 0.15) is 0 Å². The highest BCUT2D eigenvalue weighted by Gasteiger charge is 2.11. The van der Waals surface area contributed by atoms with Gasteiger partial charge in [-0.1, -0.05) is 12.1 Å². The van der Waals surface area contributed by atoms with E-state index in [4.69, 9.17) is 5.73 Å². The van der Waals surface area contributed by atoms with Gasteiger partial charge in [-0.05, 0) is 32.1 Å². The molecule has 4 nitrogen and oxygen atoms in total. The zero-order valence-electron chi connectivity index (χ0n) is 10.5. The lowest BCUT2D eigenvalue weighted by Crippen LogP contribution is -2.36. The fourth-order valence-electron chi connectivity index (χ4n) is 1.97. The third-order valence-corrected chi connectivity index (χ3v) is 4.68. The molecule has 6 heteroatoms. The molecular weight excluding hydrogens is 359 g/mol. The molecular formula is C12H17IN4S. The molecule has 2 N–H and O–H groups in total. The highest BCUT2D eigenvalue weighted by Crippen LogP contribution is 2.24. The van der Waals surface area contributed by atoms with E-state index < -0.39 is 0 Å². The minimum absolute atomic E-state index is 0.381. The molecule has 1 atom stereocenters. The maximum atomic E-state index is 5.81. The summed E-state index contributed by atoms with van der Waals surface area (Å²) < 4.78 is 1.94. The minimum Gasteiger partial charge on any atom is -0.329 e. The number of benzene rings is 1. The van der Waals surface area contributed by atoms with Crippen LogP contribution in [-0.4, -0.2) is 40.8 Å². The monoisotopic (exact) mass is 376 g/mol. The van der Waals surface area contributed by atoms with Gasteiger partial charge in [0.15, 0.2) is 0 Å².